The fourth-order valence-electron chi connectivity index (χ4n) is 4.44. The largest absolute Gasteiger partial charge is 0.475 e. The number of hydrogen-bond acceptors (Lipinski definition) is 17. The Morgan fingerprint density at radius 1 is 1.36 bits per heavy atom. The molecule has 0 spiro atoms. The number of anilines is 1. The third-order valence-corrected chi connectivity index (χ3v) is 7.51. The number of carbonyl (C=O) groups excluding carboxylic acids is 2. The van der Waals surface area contributed by atoms with Gasteiger partial charge < -0.3 is 61.4 Å². The van der Waals surface area contributed by atoms with Gasteiger partial charge in [-0.05, 0) is 13.1 Å². The highest BCUT2D eigenvalue weighted by Gasteiger charge is 2.55. The molecule has 2 fully saturated rings. The van der Waals surface area contributed by atoms with Crippen molar-refractivity contribution >= 4 is 25.8 Å². The molecule has 20 nitrogen and oxygen atoms in total. The molecule has 2 aliphatic rings. The lowest BCUT2D eigenvalue weighted by atomic mass is 9.89. The Morgan fingerprint density at radius 2 is 2.05 bits per heavy atom. The number of rotatable bonds is 13. The van der Waals surface area contributed by atoms with Crippen molar-refractivity contribution in [2.75, 3.05) is 32.5 Å². The van der Waals surface area contributed by atoms with E-state index in [2.05, 4.69) is 15.6 Å². The van der Waals surface area contributed by atoms with Crippen LogP contribution in [0.5, 0.6) is 0 Å². The molecule has 0 aromatic carbocycles. The van der Waals surface area contributed by atoms with E-state index in [-0.39, 0.29) is 18.6 Å². The number of nitrogens with two attached hydrogens (primary N) is 1. The molecule has 7 unspecified atom stereocenters. The quantitative estimate of drug-likeness (QED) is 0.0718. The Kier molecular flexibility index (Phi) is 11.3. The molecule has 21 heteroatoms. The smallest absolute Gasteiger partial charge is 0.394 e. The van der Waals surface area contributed by atoms with Crippen LogP contribution in [0.25, 0.3) is 0 Å². The van der Waals surface area contributed by atoms with Crippen molar-refractivity contribution in [2.24, 2.45) is 0 Å². The summed E-state index contributed by atoms with van der Waals surface area (Å²) in [5, 5.41) is 66.0. The monoisotopic (exact) mass is 627 g/mol. The Bertz CT molecular complexity index is 1210. The zero-order valence-corrected chi connectivity index (χ0v) is 23.0. The first kappa shape index (κ1) is 34.1. The molecule has 3 heterocycles. The highest BCUT2D eigenvalue weighted by molar-refractivity contribution is 7.47. The third kappa shape index (κ3) is 7.74. The minimum absolute atomic E-state index is 0.117. The van der Waals surface area contributed by atoms with Crippen molar-refractivity contribution in [3.63, 3.8) is 0 Å². The van der Waals surface area contributed by atoms with Gasteiger partial charge in [-0.15, -0.1) is 0 Å². The number of nitrogen functional groups attached to an aromatic ring is 1. The van der Waals surface area contributed by atoms with Crippen LogP contribution in [0.1, 0.15) is 12.6 Å². The molecule has 11 atom stereocenters. The van der Waals surface area contributed by atoms with Gasteiger partial charge in [-0.25, -0.2) is 13.9 Å². The topological polar surface area (TPSA) is 315 Å². The van der Waals surface area contributed by atoms with Gasteiger partial charge in [0.25, 0.3) is 0 Å². The fraction of sp³-hybridized carbons (Fsp3) is 0.714. The van der Waals surface area contributed by atoms with E-state index in [9.17, 15) is 54.5 Å². The second-order valence-corrected chi connectivity index (χ2v) is 11.0. The van der Waals surface area contributed by atoms with Gasteiger partial charge in [0.2, 0.25) is 11.7 Å². The molecule has 0 radical (unpaired) electrons. The summed E-state index contributed by atoms with van der Waals surface area (Å²) in [6, 6.07) is -0.258. The minimum atomic E-state index is -5.35. The van der Waals surface area contributed by atoms with Crippen LogP contribution in [-0.4, -0.2) is 139 Å². The third-order valence-electron chi connectivity index (χ3n) is 6.49. The van der Waals surface area contributed by atoms with Gasteiger partial charge in [0.05, 0.1) is 31.9 Å². The van der Waals surface area contributed by atoms with Crippen LogP contribution in [-0.2, 0) is 32.7 Å². The van der Waals surface area contributed by atoms with E-state index in [1.165, 1.54) is 13.1 Å². The van der Waals surface area contributed by atoms with Crippen LogP contribution in [0.15, 0.2) is 17.1 Å². The van der Waals surface area contributed by atoms with Gasteiger partial charge in [-0.1, -0.05) is 0 Å². The molecule has 2 saturated heterocycles. The van der Waals surface area contributed by atoms with Crippen molar-refractivity contribution in [1.82, 2.24) is 20.2 Å². The summed E-state index contributed by atoms with van der Waals surface area (Å²) in [7, 11) is -3.90. The van der Waals surface area contributed by atoms with Crippen molar-refractivity contribution in [2.45, 2.75) is 67.2 Å². The van der Waals surface area contributed by atoms with E-state index < -0.39 is 99.8 Å². The number of aliphatic hydroxyl groups is 6. The number of hydrogen-bond donors (Lipinski definition) is 10. The molecule has 0 aliphatic carbocycles. The summed E-state index contributed by atoms with van der Waals surface area (Å²) in [5.41, 5.74) is 4.50. The Hall–Kier alpha value is -2.43. The number of carbonyl (C=O) groups is 2. The van der Waals surface area contributed by atoms with Crippen LogP contribution in [0.4, 0.5) is 5.82 Å². The molecule has 1 amide bonds. The second-order valence-electron chi connectivity index (χ2n) is 9.59. The Balaban J connectivity index is 1.75. The first-order valence-electron chi connectivity index (χ1n) is 12.4. The number of amides is 1. The minimum Gasteiger partial charge on any atom is -0.394 e. The van der Waals surface area contributed by atoms with Crippen LogP contribution in [0, 0.1) is 0 Å². The standard InChI is InChI=1S/C21H34N5O15P/c1-23-5-13(31)25-14-9(29)4-21(8-28,40-18(14)15(32)10(30)6-27)41-42(36,37)38-7-11-16(33)17(34)19(39-11)26-3-2-12(22)24-20(26)35/h2-3,8-11,14-19,23,27,29-30,32-34H,4-7H2,1H3,(H,25,31)(H,36,37)(H2,22,24,35)/t9?,10-,11?,14?,15-,16-,17-,18?,19?,21?/m1/s1. The molecule has 42 heavy (non-hydrogen) atoms. The number of phosphoric ester groups is 1. The van der Waals surface area contributed by atoms with Crippen LogP contribution in [0.3, 0.4) is 0 Å². The van der Waals surface area contributed by atoms with Gasteiger partial charge in [0.15, 0.2) is 12.5 Å². The molecule has 0 bridgehead atoms. The number of nitrogens with one attached hydrogen (secondary N) is 2. The number of phosphoric acid groups is 1. The number of ether oxygens (including phenoxy) is 2. The van der Waals surface area contributed by atoms with Crippen LogP contribution < -0.4 is 22.1 Å². The van der Waals surface area contributed by atoms with Crippen molar-refractivity contribution < 1.29 is 68.2 Å². The molecule has 238 valence electrons. The summed E-state index contributed by atoms with van der Waals surface area (Å²) in [5.74, 6) is -3.59. The van der Waals surface area contributed by atoms with E-state index in [1.54, 1.807) is 0 Å². The van der Waals surface area contributed by atoms with Gasteiger partial charge in [0.1, 0.15) is 42.4 Å². The molecule has 1 aromatic rings. The molecular formula is C21H34N5O15P. The maximum atomic E-state index is 12.8. The molecule has 0 saturated carbocycles. The summed E-state index contributed by atoms with van der Waals surface area (Å²) >= 11 is 0. The average molecular weight is 627 g/mol. The zero-order chi connectivity index (χ0) is 31.4. The lowest BCUT2D eigenvalue weighted by Gasteiger charge is -2.46. The summed E-state index contributed by atoms with van der Waals surface area (Å²) in [6.45, 7) is -2.17. The highest BCUT2D eigenvalue weighted by atomic mass is 31.2. The zero-order valence-electron chi connectivity index (χ0n) is 22.1. The van der Waals surface area contributed by atoms with Crippen molar-refractivity contribution in [1.29, 1.82) is 0 Å². The second kappa shape index (κ2) is 13.9. The number of aliphatic hydroxyl groups excluding tert-OH is 6. The van der Waals surface area contributed by atoms with Crippen molar-refractivity contribution in [3.8, 4) is 0 Å². The number of aromatic nitrogens is 2. The Labute approximate surface area is 237 Å². The highest BCUT2D eigenvalue weighted by Crippen LogP contribution is 2.50. The normalized spacial score (nSPS) is 34.3. The number of likely N-dealkylation sites (N-methyl/N-ethyl adjacent to an activating group) is 1. The maximum Gasteiger partial charge on any atom is 0.475 e. The van der Waals surface area contributed by atoms with Gasteiger partial charge in [-0.2, -0.15) is 4.98 Å². The predicted molar refractivity (Wildman–Crippen MR) is 135 cm³/mol. The van der Waals surface area contributed by atoms with E-state index in [0.717, 1.165) is 10.8 Å². The SMILES string of the molecule is CNCC(=O)NC1C(O)CC(C=O)(OP(=O)(O)OCC2OC(n3ccc(N)nc3=O)[C@H](O)[C@@H]2O)OC1[C@H](O)[C@H](O)CO. The molecule has 11 N–H and O–H groups in total. The first-order chi connectivity index (χ1) is 19.7. The van der Waals surface area contributed by atoms with Crippen LogP contribution in [0.2, 0.25) is 0 Å². The average Bonchev–Trinajstić information content (AvgIpc) is 3.21. The van der Waals surface area contributed by atoms with Crippen molar-refractivity contribution in [3.05, 3.63) is 22.7 Å². The number of aldehydes is 1. The number of nitrogens with zero attached hydrogens (tertiary/aromatic N) is 2. The fourth-order valence-corrected chi connectivity index (χ4v) is 5.37. The van der Waals surface area contributed by atoms with Gasteiger partial charge in [-0.3, -0.25) is 18.7 Å². The van der Waals surface area contributed by atoms with E-state index in [4.69, 9.17) is 24.3 Å². The van der Waals surface area contributed by atoms with Gasteiger partial charge in [0, 0.05) is 12.6 Å². The van der Waals surface area contributed by atoms with Crippen LogP contribution >= 0.6 is 7.82 Å². The molecular weight excluding hydrogens is 593 g/mol. The molecule has 1 aromatic heterocycles. The summed E-state index contributed by atoms with van der Waals surface area (Å²) in [4.78, 5) is 50.1. The molecule has 2 aliphatic heterocycles. The predicted octanol–water partition coefficient (Wildman–Crippen LogP) is -5.96. The molecule has 3 rings (SSSR count). The first-order valence-corrected chi connectivity index (χ1v) is 13.9. The van der Waals surface area contributed by atoms with Gasteiger partial charge >= 0.3 is 13.5 Å². The van der Waals surface area contributed by atoms with E-state index in [1.807, 2.05) is 0 Å². The van der Waals surface area contributed by atoms with E-state index >= 15 is 0 Å². The Morgan fingerprint density at radius 3 is 2.64 bits per heavy atom. The summed E-state index contributed by atoms with van der Waals surface area (Å²) < 4.78 is 34.2. The van der Waals surface area contributed by atoms with E-state index in [0.29, 0.717) is 0 Å². The lowest BCUT2D eigenvalue weighted by molar-refractivity contribution is -0.274. The lowest BCUT2D eigenvalue weighted by Crippen LogP contribution is -2.67. The summed E-state index contributed by atoms with van der Waals surface area (Å²) in [6.07, 6.45) is -13.9. The maximum absolute atomic E-state index is 12.8.